The topological polar surface area (TPSA) is 87.8 Å². The molecule has 0 aliphatic rings. The first-order valence-corrected chi connectivity index (χ1v) is 10.6. The van der Waals surface area contributed by atoms with Crippen LogP contribution in [0.4, 0.5) is 11.4 Å². The summed E-state index contributed by atoms with van der Waals surface area (Å²) in [5.74, 6) is 0.480. The minimum atomic E-state index is -0.434. The molecule has 160 valence electrons. The van der Waals surface area contributed by atoms with E-state index in [4.69, 9.17) is 0 Å². The van der Waals surface area contributed by atoms with Gasteiger partial charge in [0.1, 0.15) is 0 Å². The van der Waals surface area contributed by atoms with Crippen molar-refractivity contribution in [2.24, 2.45) is 16.9 Å². The van der Waals surface area contributed by atoms with Crippen LogP contribution in [0.25, 0.3) is 0 Å². The molecule has 0 aliphatic heterocycles. The summed E-state index contributed by atoms with van der Waals surface area (Å²) >= 11 is 3.33. The lowest BCUT2D eigenvalue weighted by atomic mass is 10.1. The molecular formula is C22H27BrN4O3. The largest absolute Gasteiger partial charge is 0.370 e. The summed E-state index contributed by atoms with van der Waals surface area (Å²) in [4.78, 5) is 25.3. The zero-order valence-corrected chi connectivity index (χ0v) is 19.2. The lowest BCUT2D eigenvalue weighted by molar-refractivity contribution is -0.384. The highest BCUT2D eigenvalue weighted by Gasteiger charge is 2.17. The SMILES string of the molecule is CC(C)CN(CC(C)C)c1ccc([N+](=O)[O-])cc1C=NNC(=O)c1ccc(Br)cc1. The second-order valence-electron chi connectivity index (χ2n) is 7.90. The molecule has 0 saturated carbocycles. The lowest BCUT2D eigenvalue weighted by Crippen LogP contribution is -2.32. The third-order valence-corrected chi connectivity index (χ3v) is 4.74. The minimum Gasteiger partial charge on any atom is -0.370 e. The fourth-order valence-electron chi connectivity index (χ4n) is 3.03. The summed E-state index contributed by atoms with van der Waals surface area (Å²) in [7, 11) is 0. The van der Waals surface area contributed by atoms with Crippen LogP contribution < -0.4 is 10.3 Å². The number of non-ortho nitro benzene ring substituents is 1. The van der Waals surface area contributed by atoms with E-state index in [0.29, 0.717) is 23.0 Å². The van der Waals surface area contributed by atoms with E-state index in [9.17, 15) is 14.9 Å². The smallest absolute Gasteiger partial charge is 0.271 e. The Bertz CT molecular complexity index is 901. The summed E-state index contributed by atoms with van der Waals surface area (Å²) in [6.45, 7) is 10.1. The van der Waals surface area contributed by atoms with Crippen LogP contribution in [0.2, 0.25) is 0 Å². The van der Waals surface area contributed by atoms with Gasteiger partial charge in [-0.1, -0.05) is 43.6 Å². The molecule has 0 unspecified atom stereocenters. The molecule has 1 amide bonds. The standard InChI is InChI=1S/C22H27BrN4O3/c1-15(2)13-26(14-16(3)4)21-10-9-20(27(29)30)11-18(21)12-24-25-22(28)17-5-7-19(23)8-6-17/h5-12,15-16H,13-14H2,1-4H3,(H,25,28). The number of hydrogen-bond acceptors (Lipinski definition) is 5. The third-order valence-electron chi connectivity index (χ3n) is 4.21. The van der Waals surface area contributed by atoms with Crippen molar-refractivity contribution in [1.29, 1.82) is 0 Å². The fourth-order valence-corrected chi connectivity index (χ4v) is 3.29. The second-order valence-corrected chi connectivity index (χ2v) is 8.81. The first-order valence-electron chi connectivity index (χ1n) is 9.79. The zero-order valence-electron chi connectivity index (χ0n) is 17.6. The minimum absolute atomic E-state index is 0.0199. The van der Waals surface area contributed by atoms with Gasteiger partial charge in [-0.3, -0.25) is 14.9 Å². The lowest BCUT2D eigenvalue weighted by Gasteiger charge is -2.29. The quantitative estimate of drug-likeness (QED) is 0.305. The normalized spacial score (nSPS) is 11.3. The number of rotatable bonds is 9. The first-order chi connectivity index (χ1) is 14.2. The molecule has 0 atom stereocenters. The first kappa shape index (κ1) is 23.5. The van der Waals surface area contributed by atoms with Crippen molar-refractivity contribution < 1.29 is 9.72 Å². The Morgan fingerprint density at radius 2 is 1.73 bits per heavy atom. The predicted octanol–water partition coefficient (Wildman–Crippen LogP) is 5.24. The van der Waals surface area contributed by atoms with Gasteiger partial charge in [-0.05, 0) is 42.2 Å². The number of nitro benzene ring substituents is 1. The summed E-state index contributed by atoms with van der Waals surface area (Å²) in [5, 5.41) is 15.3. The molecule has 0 radical (unpaired) electrons. The molecule has 2 aromatic rings. The molecule has 0 aromatic heterocycles. The molecule has 0 saturated heterocycles. The van der Waals surface area contributed by atoms with Crippen molar-refractivity contribution in [1.82, 2.24) is 5.43 Å². The van der Waals surface area contributed by atoms with Gasteiger partial charge in [0.25, 0.3) is 11.6 Å². The van der Waals surface area contributed by atoms with E-state index in [1.54, 1.807) is 30.3 Å². The Kier molecular flexibility index (Phi) is 8.53. The molecule has 0 fully saturated rings. The van der Waals surface area contributed by atoms with E-state index < -0.39 is 4.92 Å². The average Bonchev–Trinajstić information content (AvgIpc) is 2.67. The third kappa shape index (κ3) is 6.95. The predicted molar refractivity (Wildman–Crippen MR) is 124 cm³/mol. The van der Waals surface area contributed by atoms with Crippen molar-refractivity contribution in [3.63, 3.8) is 0 Å². The van der Waals surface area contributed by atoms with Crippen LogP contribution >= 0.6 is 15.9 Å². The van der Waals surface area contributed by atoms with Crippen molar-refractivity contribution in [3.05, 3.63) is 68.2 Å². The van der Waals surface area contributed by atoms with Gasteiger partial charge in [-0.25, -0.2) is 5.43 Å². The highest BCUT2D eigenvalue weighted by atomic mass is 79.9. The van der Waals surface area contributed by atoms with Crippen molar-refractivity contribution >= 4 is 39.4 Å². The maximum Gasteiger partial charge on any atom is 0.271 e. The number of halogens is 1. The summed E-state index contributed by atoms with van der Waals surface area (Å²) in [6, 6.07) is 11.6. The van der Waals surface area contributed by atoms with Gasteiger partial charge in [0, 0.05) is 46.5 Å². The number of carbonyl (C=O) groups excluding carboxylic acids is 1. The van der Waals surface area contributed by atoms with Crippen molar-refractivity contribution in [2.75, 3.05) is 18.0 Å². The summed E-state index contributed by atoms with van der Waals surface area (Å²) in [5.41, 5.74) is 4.37. The van der Waals surface area contributed by atoms with E-state index in [0.717, 1.165) is 23.2 Å². The van der Waals surface area contributed by atoms with Gasteiger partial charge in [-0.2, -0.15) is 5.10 Å². The van der Waals surface area contributed by atoms with Gasteiger partial charge in [0.2, 0.25) is 0 Å². The fraction of sp³-hybridized carbons (Fsp3) is 0.364. The maximum absolute atomic E-state index is 12.3. The molecule has 30 heavy (non-hydrogen) atoms. The average molecular weight is 475 g/mol. The molecule has 0 aliphatic carbocycles. The Hall–Kier alpha value is -2.74. The molecule has 0 heterocycles. The number of anilines is 1. The Morgan fingerprint density at radius 1 is 1.13 bits per heavy atom. The van der Waals surface area contributed by atoms with Crippen LogP contribution in [0.1, 0.15) is 43.6 Å². The monoisotopic (exact) mass is 474 g/mol. The van der Waals surface area contributed by atoms with Gasteiger partial charge < -0.3 is 4.90 Å². The van der Waals surface area contributed by atoms with E-state index in [-0.39, 0.29) is 11.6 Å². The molecule has 2 aromatic carbocycles. The number of hydrogen-bond donors (Lipinski definition) is 1. The number of carbonyl (C=O) groups is 1. The van der Waals surface area contributed by atoms with Crippen LogP contribution in [0.5, 0.6) is 0 Å². The Labute approximate surface area is 185 Å². The number of benzene rings is 2. The van der Waals surface area contributed by atoms with E-state index in [1.165, 1.54) is 18.3 Å². The maximum atomic E-state index is 12.3. The molecule has 0 spiro atoms. The molecule has 0 bridgehead atoms. The molecule has 2 rings (SSSR count). The van der Waals surface area contributed by atoms with Crippen molar-refractivity contribution in [2.45, 2.75) is 27.7 Å². The van der Waals surface area contributed by atoms with Crippen LogP contribution in [-0.4, -0.2) is 30.1 Å². The number of nitro groups is 1. The molecule has 8 heteroatoms. The zero-order chi connectivity index (χ0) is 22.3. The summed E-state index contributed by atoms with van der Waals surface area (Å²) in [6.07, 6.45) is 1.47. The molecule has 7 nitrogen and oxygen atoms in total. The van der Waals surface area contributed by atoms with E-state index >= 15 is 0 Å². The highest BCUT2D eigenvalue weighted by molar-refractivity contribution is 9.10. The number of hydrazone groups is 1. The second kappa shape index (κ2) is 10.9. The summed E-state index contributed by atoms with van der Waals surface area (Å²) < 4.78 is 0.874. The van der Waals surface area contributed by atoms with E-state index in [1.807, 2.05) is 0 Å². The van der Waals surface area contributed by atoms with Crippen LogP contribution in [0, 0.1) is 22.0 Å². The van der Waals surface area contributed by atoms with E-state index in [2.05, 4.69) is 59.1 Å². The Balaban J connectivity index is 2.31. The van der Waals surface area contributed by atoms with Crippen LogP contribution in [-0.2, 0) is 0 Å². The number of amides is 1. The van der Waals surface area contributed by atoms with Gasteiger partial charge in [-0.15, -0.1) is 0 Å². The molecular weight excluding hydrogens is 448 g/mol. The Morgan fingerprint density at radius 3 is 2.27 bits per heavy atom. The van der Waals surface area contributed by atoms with Crippen LogP contribution in [0.3, 0.4) is 0 Å². The van der Waals surface area contributed by atoms with Crippen molar-refractivity contribution in [3.8, 4) is 0 Å². The molecule has 1 N–H and O–H groups in total. The van der Waals surface area contributed by atoms with Gasteiger partial charge >= 0.3 is 0 Å². The number of nitrogens with one attached hydrogen (secondary N) is 1. The highest BCUT2D eigenvalue weighted by Crippen LogP contribution is 2.26. The number of nitrogens with zero attached hydrogens (tertiary/aromatic N) is 3. The van der Waals surface area contributed by atoms with Gasteiger partial charge in [0.05, 0.1) is 11.1 Å². The van der Waals surface area contributed by atoms with Crippen LogP contribution in [0.15, 0.2) is 52.0 Å². The van der Waals surface area contributed by atoms with Gasteiger partial charge in [0.15, 0.2) is 0 Å².